The molecule has 0 radical (unpaired) electrons. The summed E-state index contributed by atoms with van der Waals surface area (Å²) < 4.78 is 9.31. The van der Waals surface area contributed by atoms with E-state index < -0.39 is 29.6 Å². The summed E-state index contributed by atoms with van der Waals surface area (Å²) in [5, 5.41) is 9.67. The second-order valence-corrected chi connectivity index (χ2v) is 4.53. The van der Waals surface area contributed by atoms with Crippen LogP contribution in [0.15, 0.2) is 0 Å². The van der Waals surface area contributed by atoms with Crippen LogP contribution in [0.5, 0.6) is 0 Å². The van der Waals surface area contributed by atoms with Crippen molar-refractivity contribution in [2.24, 2.45) is 0 Å². The number of esters is 2. The van der Waals surface area contributed by atoms with Gasteiger partial charge in [-0.2, -0.15) is 0 Å². The Morgan fingerprint density at radius 3 is 2.00 bits per heavy atom. The highest BCUT2D eigenvalue weighted by Gasteiger charge is 2.37. The first-order chi connectivity index (χ1) is 6.58. The first-order valence-electron chi connectivity index (χ1n) is 4.61. The van der Waals surface area contributed by atoms with E-state index in [2.05, 4.69) is 4.74 Å². The van der Waals surface area contributed by atoms with Crippen LogP contribution in [0.25, 0.3) is 0 Å². The third kappa shape index (κ3) is 5.37. The lowest BCUT2D eigenvalue weighted by Gasteiger charge is -2.26. The molecule has 0 aliphatic carbocycles. The third-order valence-electron chi connectivity index (χ3n) is 1.55. The molecule has 0 aliphatic rings. The van der Waals surface area contributed by atoms with E-state index in [1.165, 1.54) is 14.0 Å². The number of carbonyl (C=O) groups is 2. The monoisotopic (exact) mass is 218 g/mol. The van der Waals surface area contributed by atoms with Crippen LogP contribution in [0.4, 0.5) is 0 Å². The zero-order valence-corrected chi connectivity index (χ0v) is 9.79. The van der Waals surface area contributed by atoms with E-state index in [1.54, 1.807) is 20.8 Å². The van der Waals surface area contributed by atoms with Crippen LogP contribution in [0.2, 0.25) is 0 Å². The fourth-order valence-electron chi connectivity index (χ4n) is 0.813. The van der Waals surface area contributed by atoms with E-state index in [0.29, 0.717) is 0 Å². The molecule has 0 fully saturated rings. The Kier molecular flexibility index (Phi) is 4.27. The second-order valence-electron chi connectivity index (χ2n) is 4.53. The molecule has 0 aliphatic heterocycles. The van der Waals surface area contributed by atoms with Gasteiger partial charge in [0.2, 0.25) is 0 Å². The average molecular weight is 218 g/mol. The molecule has 1 N–H and O–H groups in total. The number of rotatable bonds is 3. The maximum Gasteiger partial charge on any atom is 0.338 e. The maximum absolute atomic E-state index is 11.5. The Hall–Kier alpha value is -1.10. The molecule has 0 aromatic heterocycles. The molecule has 5 heteroatoms. The van der Waals surface area contributed by atoms with Gasteiger partial charge in [0.1, 0.15) is 5.60 Å². The first kappa shape index (κ1) is 13.9. The number of methoxy groups -OCH3 is 1. The minimum Gasteiger partial charge on any atom is -0.469 e. The van der Waals surface area contributed by atoms with Gasteiger partial charge in [0.05, 0.1) is 13.5 Å². The van der Waals surface area contributed by atoms with Gasteiger partial charge in [0.15, 0.2) is 5.60 Å². The average Bonchev–Trinajstić information content (AvgIpc) is 2.00. The van der Waals surface area contributed by atoms with Gasteiger partial charge in [-0.25, -0.2) is 4.79 Å². The van der Waals surface area contributed by atoms with Gasteiger partial charge >= 0.3 is 11.9 Å². The van der Waals surface area contributed by atoms with E-state index in [9.17, 15) is 14.7 Å². The summed E-state index contributed by atoms with van der Waals surface area (Å²) in [6.45, 7) is 6.26. The van der Waals surface area contributed by atoms with Crippen molar-refractivity contribution >= 4 is 11.9 Å². The van der Waals surface area contributed by atoms with Crippen molar-refractivity contribution in [2.75, 3.05) is 7.11 Å². The molecule has 0 spiro atoms. The topological polar surface area (TPSA) is 72.8 Å². The van der Waals surface area contributed by atoms with Crippen LogP contribution in [-0.2, 0) is 19.1 Å². The van der Waals surface area contributed by atoms with Crippen molar-refractivity contribution in [1.82, 2.24) is 0 Å². The molecule has 0 aromatic rings. The number of carbonyl (C=O) groups excluding carboxylic acids is 2. The molecule has 0 saturated heterocycles. The van der Waals surface area contributed by atoms with Gasteiger partial charge in [-0.3, -0.25) is 4.79 Å². The van der Waals surface area contributed by atoms with Gasteiger partial charge in [-0.05, 0) is 27.7 Å². The van der Waals surface area contributed by atoms with Gasteiger partial charge in [-0.15, -0.1) is 0 Å². The Bertz CT molecular complexity index is 249. The molecule has 0 bridgehead atoms. The Morgan fingerprint density at radius 2 is 1.67 bits per heavy atom. The molecule has 0 saturated carbocycles. The smallest absolute Gasteiger partial charge is 0.338 e. The molecule has 5 nitrogen and oxygen atoms in total. The molecule has 0 rings (SSSR count). The van der Waals surface area contributed by atoms with Crippen molar-refractivity contribution in [2.45, 2.75) is 45.3 Å². The molecule has 0 amide bonds. The highest BCUT2D eigenvalue weighted by Crippen LogP contribution is 2.17. The molecule has 0 heterocycles. The highest BCUT2D eigenvalue weighted by atomic mass is 16.6. The van der Waals surface area contributed by atoms with Crippen LogP contribution in [0, 0.1) is 0 Å². The number of hydrogen-bond donors (Lipinski definition) is 1. The number of hydrogen-bond acceptors (Lipinski definition) is 5. The summed E-state index contributed by atoms with van der Waals surface area (Å²) in [5.74, 6) is -1.49. The summed E-state index contributed by atoms with van der Waals surface area (Å²) >= 11 is 0. The summed E-state index contributed by atoms with van der Waals surface area (Å²) in [7, 11) is 1.19. The van der Waals surface area contributed by atoms with E-state index in [0.717, 1.165) is 0 Å². The predicted octanol–water partition coefficient (Wildman–Crippen LogP) is 0.642. The molecule has 1 atom stereocenters. The fourth-order valence-corrected chi connectivity index (χ4v) is 0.813. The van der Waals surface area contributed by atoms with Crippen molar-refractivity contribution in [3.05, 3.63) is 0 Å². The van der Waals surface area contributed by atoms with Crippen LogP contribution in [0.1, 0.15) is 34.1 Å². The zero-order valence-electron chi connectivity index (χ0n) is 9.79. The van der Waals surface area contributed by atoms with Crippen LogP contribution < -0.4 is 0 Å². The van der Waals surface area contributed by atoms with Crippen LogP contribution in [-0.4, -0.2) is 35.4 Å². The Morgan fingerprint density at radius 1 is 1.20 bits per heavy atom. The van der Waals surface area contributed by atoms with Crippen molar-refractivity contribution in [3.63, 3.8) is 0 Å². The van der Waals surface area contributed by atoms with E-state index >= 15 is 0 Å². The summed E-state index contributed by atoms with van der Waals surface area (Å²) in [6, 6.07) is 0. The molecule has 88 valence electrons. The van der Waals surface area contributed by atoms with E-state index in [1.807, 2.05) is 0 Å². The minimum absolute atomic E-state index is 0.418. The summed E-state index contributed by atoms with van der Waals surface area (Å²) in [6.07, 6.45) is -0.418. The van der Waals surface area contributed by atoms with E-state index in [4.69, 9.17) is 4.74 Å². The quantitative estimate of drug-likeness (QED) is 0.704. The van der Waals surface area contributed by atoms with Crippen molar-refractivity contribution < 1.29 is 24.2 Å². The highest BCUT2D eigenvalue weighted by molar-refractivity contribution is 5.85. The third-order valence-corrected chi connectivity index (χ3v) is 1.55. The van der Waals surface area contributed by atoms with Crippen LogP contribution >= 0.6 is 0 Å². The van der Waals surface area contributed by atoms with Crippen molar-refractivity contribution in [3.8, 4) is 0 Å². The summed E-state index contributed by atoms with van der Waals surface area (Å²) in [4.78, 5) is 22.4. The van der Waals surface area contributed by atoms with Crippen molar-refractivity contribution in [1.29, 1.82) is 0 Å². The largest absolute Gasteiger partial charge is 0.469 e. The lowest BCUT2D eigenvalue weighted by molar-refractivity contribution is -0.179. The Labute approximate surface area is 89.4 Å². The normalized spacial score (nSPS) is 15.3. The predicted molar refractivity (Wildman–Crippen MR) is 53.1 cm³/mol. The standard InChI is InChI=1S/C10H18O5/c1-9(2,3)15-8(12)10(4,13)6-7(11)14-5/h13H,6H2,1-5H3. The molecular weight excluding hydrogens is 200 g/mol. The fraction of sp³-hybridized carbons (Fsp3) is 0.800. The first-order valence-corrected chi connectivity index (χ1v) is 4.61. The molecule has 1 unspecified atom stereocenters. The molecule has 0 aromatic carbocycles. The lowest BCUT2D eigenvalue weighted by atomic mass is 10.0. The number of aliphatic hydroxyl groups is 1. The van der Waals surface area contributed by atoms with Gasteiger partial charge < -0.3 is 14.6 Å². The Balaban J connectivity index is 4.46. The SMILES string of the molecule is COC(=O)CC(C)(O)C(=O)OC(C)(C)C. The van der Waals surface area contributed by atoms with Gasteiger partial charge in [0, 0.05) is 0 Å². The molecular formula is C10H18O5. The zero-order chi connectivity index (χ0) is 12.3. The summed E-state index contributed by atoms with van der Waals surface area (Å²) in [5.41, 5.74) is -2.54. The minimum atomic E-state index is -1.85. The lowest BCUT2D eigenvalue weighted by Crippen LogP contribution is -2.42. The van der Waals surface area contributed by atoms with Crippen LogP contribution in [0.3, 0.4) is 0 Å². The van der Waals surface area contributed by atoms with E-state index in [-0.39, 0.29) is 0 Å². The maximum atomic E-state index is 11.5. The second kappa shape index (κ2) is 4.61. The van der Waals surface area contributed by atoms with Gasteiger partial charge in [-0.1, -0.05) is 0 Å². The number of ether oxygens (including phenoxy) is 2. The van der Waals surface area contributed by atoms with Gasteiger partial charge in [0.25, 0.3) is 0 Å². The molecule has 15 heavy (non-hydrogen) atoms.